The van der Waals surface area contributed by atoms with E-state index in [1.807, 2.05) is 0 Å². The summed E-state index contributed by atoms with van der Waals surface area (Å²) in [6.45, 7) is 11.7. The average Bonchev–Trinajstić information content (AvgIpc) is 3.71. The van der Waals surface area contributed by atoms with Crippen LogP contribution in [-0.4, -0.2) is 96.7 Å². The molecule has 0 heterocycles. The van der Waals surface area contributed by atoms with Crippen molar-refractivity contribution in [3.05, 3.63) is 0 Å². The van der Waals surface area contributed by atoms with E-state index in [0.717, 1.165) is 108 Å². The van der Waals surface area contributed by atoms with Crippen LogP contribution in [-0.2, 0) is 65.4 Å². The van der Waals surface area contributed by atoms with Crippen LogP contribution in [0.2, 0.25) is 0 Å². The minimum atomic E-state index is -4.95. The maximum absolute atomic E-state index is 13.0. The summed E-state index contributed by atoms with van der Waals surface area (Å²) in [5.74, 6) is 0.0132. The third-order valence-corrected chi connectivity index (χ3v) is 18.5. The maximum Gasteiger partial charge on any atom is 0.472 e. The van der Waals surface area contributed by atoms with E-state index in [-0.39, 0.29) is 25.7 Å². The summed E-state index contributed by atoms with van der Waals surface area (Å²) in [6.07, 6.45) is 47.5. The molecule has 0 aliphatic carbocycles. The second kappa shape index (κ2) is 62.8. The van der Waals surface area contributed by atoms with E-state index >= 15 is 0 Å². The van der Waals surface area contributed by atoms with Crippen molar-refractivity contribution in [2.24, 2.45) is 17.8 Å². The van der Waals surface area contributed by atoms with Crippen LogP contribution in [0.3, 0.4) is 0 Å². The van der Waals surface area contributed by atoms with E-state index in [0.29, 0.717) is 31.6 Å². The van der Waals surface area contributed by atoms with Crippen molar-refractivity contribution in [3.63, 3.8) is 0 Å². The molecule has 0 fully saturated rings. The van der Waals surface area contributed by atoms with Gasteiger partial charge in [0.05, 0.1) is 26.4 Å². The Morgan fingerprint density at radius 2 is 0.505 bits per heavy atom. The summed E-state index contributed by atoms with van der Waals surface area (Å²) in [5.41, 5.74) is 0. The van der Waals surface area contributed by atoms with Crippen LogP contribution in [0, 0.1) is 17.8 Å². The number of unbranched alkanes of at least 4 members (excludes halogenated alkanes) is 38. The molecule has 0 aliphatic rings. The van der Waals surface area contributed by atoms with E-state index in [4.69, 9.17) is 37.0 Å². The quantitative estimate of drug-likeness (QED) is 0.0222. The highest BCUT2D eigenvalue weighted by Gasteiger charge is 2.30. The predicted molar refractivity (Wildman–Crippen MR) is 368 cm³/mol. The Bertz CT molecular complexity index is 1780. The number of phosphoric acid groups is 2. The fraction of sp³-hybridized carbons (Fsp3) is 0.944. The summed E-state index contributed by atoms with van der Waals surface area (Å²) in [7, 11) is -9.90. The SMILES string of the molecule is CCCCCCCCCCCCCCCCCCCCCC(=O)O[C@H](COC(=O)CCCCCCCCCCCC(C)C)COP(=O)(O)OC[C@@H](O)COP(=O)(O)OC[C@@H](COC(=O)CCCCCCCCC(C)C)OC(=O)CCCCCCCCCCC(C)C. The monoisotopic (exact) mass is 1340 g/mol. The van der Waals surface area contributed by atoms with Gasteiger partial charge in [0.2, 0.25) is 0 Å². The lowest BCUT2D eigenvalue weighted by atomic mass is 10.0. The first-order valence-corrected chi connectivity index (χ1v) is 40.3. The van der Waals surface area contributed by atoms with Crippen LogP contribution in [0.15, 0.2) is 0 Å². The zero-order valence-corrected chi connectivity index (χ0v) is 61.1. The molecule has 0 aromatic carbocycles. The highest BCUT2D eigenvalue weighted by molar-refractivity contribution is 7.47. The number of rotatable bonds is 70. The minimum absolute atomic E-state index is 0.103. The van der Waals surface area contributed by atoms with Crippen molar-refractivity contribution >= 4 is 39.5 Å². The van der Waals surface area contributed by atoms with Gasteiger partial charge in [-0.25, -0.2) is 9.13 Å². The molecule has 0 aromatic rings. The lowest BCUT2D eigenvalue weighted by molar-refractivity contribution is -0.161. The summed E-state index contributed by atoms with van der Waals surface area (Å²) in [6, 6.07) is 0. The molecule has 0 spiro atoms. The van der Waals surface area contributed by atoms with Crippen LogP contribution >= 0.6 is 15.6 Å². The topological polar surface area (TPSA) is 237 Å². The van der Waals surface area contributed by atoms with E-state index in [1.165, 1.54) is 167 Å². The Balaban J connectivity index is 5.21. The number of aliphatic hydroxyl groups is 1. The zero-order chi connectivity index (χ0) is 67.3. The van der Waals surface area contributed by atoms with Crippen LogP contribution in [0.1, 0.15) is 363 Å². The van der Waals surface area contributed by atoms with Crippen LogP contribution in [0.25, 0.3) is 0 Å². The average molecular weight is 1340 g/mol. The van der Waals surface area contributed by atoms with Crippen LogP contribution in [0.5, 0.6) is 0 Å². The predicted octanol–water partition coefficient (Wildman–Crippen LogP) is 20.6. The molecule has 0 saturated carbocycles. The van der Waals surface area contributed by atoms with Crippen molar-refractivity contribution in [2.75, 3.05) is 39.6 Å². The fourth-order valence-corrected chi connectivity index (χ4v) is 12.5. The lowest BCUT2D eigenvalue weighted by Crippen LogP contribution is -2.30. The molecule has 0 radical (unpaired) electrons. The highest BCUT2D eigenvalue weighted by atomic mass is 31.2. The Kier molecular flexibility index (Phi) is 61.5. The lowest BCUT2D eigenvalue weighted by Gasteiger charge is -2.21. The number of hydrogen-bond acceptors (Lipinski definition) is 15. The van der Waals surface area contributed by atoms with Gasteiger partial charge in [0, 0.05) is 25.7 Å². The van der Waals surface area contributed by atoms with Crippen molar-refractivity contribution in [1.82, 2.24) is 0 Å². The van der Waals surface area contributed by atoms with E-state index in [9.17, 15) is 43.2 Å². The molecule has 91 heavy (non-hydrogen) atoms. The molecule has 540 valence electrons. The standard InChI is InChI=1S/C72H140O17P2/c1-8-9-10-11-12-13-14-15-16-17-18-19-20-21-22-25-32-41-48-55-71(76)88-67(59-82-69(74)53-46-39-31-26-23-24-29-36-43-50-63(2)3)61-86-90(78,79)84-57-66(73)58-85-91(80,81)87-62-68(60-83-70(75)54-47-40-35-34-38-45-52-65(6)7)89-72(77)56-49-42-33-28-27-30-37-44-51-64(4)5/h63-68,73H,8-62H2,1-7H3,(H,78,79)(H,80,81)/t66-,67-,68-/m1/s1. The summed E-state index contributed by atoms with van der Waals surface area (Å²) in [4.78, 5) is 72.5. The van der Waals surface area contributed by atoms with Crippen molar-refractivity contribution in [2.45, 2.75) is 381 Å². The van der Waals surface area contributed by atoms with Gasteiger partial charge in [-0.15, -0.1) is 0 Å². The second-order valence-corrected chi connectivity index (χ2v) is 30.3. The number of hydrogen-bond donors (Lipinski definition) is 3. The second-order valence-electron chi connectivity index (χ2n) is 27.4. The van der Waals surface area contributed by atoms with Crippen LogP contribution < -0.4 is 0 Å². The molecule has 0 rings (SSSR count). The van der Waals surface area contributed by atoms with Gasteiger partial charge in [-0.1, -0.05) is 312 Å². The first kappa shape index (κ1) is 89.1. The first-order valence-electron chi connectivity index (χ1n) is 37.3. The number of carbonyl (C=O) groups is 4. The molecule has 0 amide bonds. The smallest absolute Gasteiger partial charge is 0.462 e. The van der Waals surface area contributed by atoms with Crippen molar-refractivity contribution in [1.29, 1.82) is 0 Å². The van der Waals surface area contributed by atoms with Gasteiger partial charge in [0.15, 0.2) is 12.2 Å². The molecule has 0 aromatic heterocycles. The maximum atomic E-state index is 13.0. The zero-order valence-electron chi connectivity index (χ0n) is 59.3. The molecule has 3 N–H and O–H groups in total. The van der Waals surface area contributed by atoms with Crippen molar-refractivity contribution < 1.29 is 80.2 Å². The van der Waals surface area contributed by atoms with Gasteiger partial charge in [-0.3, -0.25) is 37.3 Å². The fourth-order valence-electron chi connectivity index (χ4n) is 10.9. The summed E-state index contributed by atoms with van der Waals surface area (Å²) < 4.78 is 68.3. The molecular weight excluding hydrogens is 1200 g/mol. The van der Waals surface area contributed by atoms with Gasteiger partial charge in [0.25, 0.3) is 0 Å². The first-order chi connectivity index (χ1) is 43.7. The minimum Gasteiger partial charge on any atom is -0.462 e. The van der Waals surface area contributed by atoms with Gasteiger partial charge < -0.3 is 33.8 Å². The van der Waals surface area contributed by atoms with E-state index < -0.39 is 97.5 Å². The number of phosphoric ester groups is 2. The number of aliphatic hydroxyl groups excluding tert-OH is 1. The number of esters is 4. The normalized spacial score (nSPS) is 14.2. The molecule has 0 aliphatic heterocycles. The van der Waals surface area contributed by atoms with Gasteiger partial charge in [-0.05, 0) is 43.4 Å². The Hall–Kier alpha value is -1.94. The molecule has 0 bridgehead atoms. The van der Waals surface area contributed by atoms with Crippen molar-refractivity contribution in [3.8, 4) is 0 Å². The number of ether oxygens (including phenoxy) is 4. The van der Waals surface area contributed by atoms with E-state index in [1.54, 1.807) is 0 Å². The molecule has 2 unspecified atom stereocenters. The molecule has 17 nitrogen and oxygen atoms in total. The largest absolute Gasteiger partial charge is 0.472 e. The molecule has 5 atom stereocenters. The third-order valence-electron chi connectivity index (χ3n) is 16.6. The van der Waals surface area contributed by atoms with Gasteiger partial charge in [-0.2, -0.15) is 0 Å². The Morgan fingerprint density at radius 3 is 0.747 bits per heavy atom. The highest BCUT2D eigenvalue weighted by Crippen LogP contribution is 2.45. The molecule has 0 saturated heterocycles. The Morgan fingerprint density at radius 1 is 0.297 bits per heavy atom. The van der Waals surface area contributed by atoms with Gasteiger partial charge >= 0.3 is 39.5 Å². The molecule has 19 heteroatoms. The number of carbonyl (C=O) groups excluding carboxylic acids is 4. The molecular formula is C72H140O17P2. The summed E-state index contributed by atoms with van der Waals surface area (Å²) in [5, 5.41) is 10.6. The summed E-state index contributed by atoms with van der Waals surface area (Å²) >= 11 is 0. The van der Waals surface area contributed by atoms with Crippen LogP contribution in [0.4, 0.5) is 0 Å². The Labute approximate surface area is 556 Å². The third kappa shape index (κ3) is 66.5. The van der Waals surface area contributed by atoms with Gasteiger partial charge in [0.1, 0.15) is 19.3 Å². The van der Waals surface area contributed by atoms with E-state index in [2.05, 4.69) is 48.5 Å².